The fourth-order valence-electron chi connectivity index (χ4n) is 3.84. The molecule has 0 radical (unpaired) electrons. The number of carbonyl (C=O) groups is 2. The molecule has 0 saturated carbocycles. The van der Waals surface area contributed by atoms with Gasteiger partial charge in [-0.25, -0.2) is 0 Å². The standard InChI is InChI=1S/C19H29N3O3.ClH/c1-3-16-6-7-17(25-16)19(24)21-11-8-14(9-12-21)18(23)22-10-4-5-15(13-22)20-2;/h6-7,14-15,20H,3-5,8-13H2,1-2H3;1H. The van der Waals surface area contributed by atoms with Gasteiger partial charge in [0.1, 0.15) is 5.76 Å². The van der Waals surface area contributed by atoms with E-state index < -0.39 is 0 Å². The highest BCUT2D eigenvalue weighted by atomic mass is 35.5. The Balaban J connectivity index is 0.00000243. The van der Waals surface area contributed by atoms with Gasteiger partial charge < -0.3 is 19.5 Å². The van der Waals surface area contributed by atoms with Crippen LogP contribution in [0.15, 0.2) is 16.5 Å². The fourth-order valence-corrected chi connectivity index (χ4v) is 3.84. The molecular formula is C19H30ClN3O3. The third-order valence-electron chi connectivity index (χ3n) is 5.49. The molecule has 2 aliphatic heterocycles. The van der Waals surface area contributed by atoms with Crippen molar-refractivity contribution in [1.29, 1.82) is 0 Å². The molecule has 1 atom stereocenters. The normalized spacial score (nSPS) is 21.4. The number of nitrogens with one attached hydrogen (secondary N) is 1. The molecule has 26 heavy (non-hydrogen) atoms. The lowest BCUT2D eigenvalue weighted by Gasteiger charge is -2.37. The highest BCUT2D eigenvalue weighted by Crippen LogP contribution is 2.23. The third-order valence-corrected chi connectivity index (χ3v) is 5.49. The van der Waals surface area contributed by atoms with Crippen molar-refractivity contribution in [2.45, 2.75) is 45.1 Å². The number of likely N-dealkylation sites (tertiary alicyclic amines) is 2. The third kappa shape index (κ3) is 4.60. The van der Waals surface area contributed by atoms with Crippen LogP contribution >= 0.6 is 12.4 Å². The van der Waals surface area contributed by atoms with E-state index in [4.69, 9.17) is 4.42 Å². The molecule has 0 bridgehead atoms. The zero-order valence-corrected chi connectivity index (χ0v) is 16.5. The average Bonchev–Trinajstić information content (AvgIpc) is 3.16. The van der Waals surface area contributed by atoms with Crippen molar-refractivity contribution in [2.75, 3.05) is 33.2 Å². The van der Waals surface area contributed by atoms with Crippen LogP contribution in [0.1, 0.15) is 48.9 Å². The number of nitrogens with zero attached hydrogens (tertiary/aromatic N) is 2. The van der Waals surface area contributed by atoms with Gasteiger partial charge in [-0.2, -0.15) is 0 Å². The lowest BCUT2D eigenvalue weighted by Crippen LogP contribution is -2.50. The number of hydrogen-bond donors (Lipinski definition) is 1. The molecule has 1 aromatic heterocycles. The predicted molar refractivity (Wildman–Crippen MR) is 103 cm³/mol. The largest absolute Gasteiger partial charge is 0.456 e. The van der Waals surface area contributed by atoms with E-state index >= 15 is 0 Å². The second-order valence-electron chi connectivity index (χ2n) is 7.10. The predicted octanol–water partition coefficient (Wildman–Crippen LogP) is 2.33. The van der Waals surface area contributed by atoms with Crippen LogP contribution in [0, 0.1) is 5.92 Å². The molecule has 1 N–H and O–H groups in total. The number of halogens is 1. The van der Waals surface area contributed by atoms with Crippen LogP contribution in [0.4, 0.5) is 0 Å². The van der Waals surface area contributed by atoms with Crippen molar-refractivity contribution in [3.8, 4) is 0 Å². The lowest BCUT2D eigenvalue weighted by molar-refractivity contribution is -0.138. The monoisotopic (exact) mass is 383 g/mol. The first-order valence-electron chi connectivity index (χ1n) is 9.46. The number of aryl methyl sites for hydroxylation is 1. The van der Waals surface area contributed by atoms with Crippen LogP contribution in [0.25, 0.3) is 0 Å². The van der Waals surface area contributed by atoms with Crippen molar-refractivity contribution in [2.24, 2.45) is 5.92 Å². The highest BCUT2D eigenvalue weighted by Gasteiger charge is 2.33. The summed E-state index contributed by atoms with van der Waals surface area (Å²) in [5.74, 6) is 1.49. The number of furan rings is 1. The summed E-state index contributed by atoms with van der Waals surface area (Å²) >= 11 is 0. The van der Waals surface area contributed by atoms with E-state index in [-0.39, 0.29) is 30.1 Å². The van der Waals surface area contributed by atoms with Crippen LogP contribution in [0.3, 0.4) is 0 Å². The summed E-state index contributed by atoms with van der Waals surface area (Å²) in [4.78, 5) is 29.1. The van der Waals surface area contributed by atoms with Gasteiger partial charge in [-0.15, -0.1) is 12.4 Å². The van der Waals surface area contributed by atoms with Crippen LogP contribution in [-0.2, 0) is 11.2 Å². The van der Waals surface area contributed by atoms with Gasteiger partial charge in [0.25, 0.3) is 5.91 Å². The van der Waals surface area contributed by atoms with Gasteiger partial charge in [0.15, 0.2) is 5.76 Å². The Labute approximate surface area is 161 Å². The number of amides is 2. The van der Waals surface area contributed by atoms with Gasteiger partial charge in [-0.3, -0.25) is 9.59 Å². The number of rotatable bonds is 4. The highest BCUT2D eigenvalue weighted by molar-refractivity contribution is 5.91. The topological polar surface area (TPSA) is 65.8 Å². The average molecular weight is 384 g/mol. The molecule has 1 aromatic rings. The van der Waals surface area contributed by atoms with Crippen molar-refractivity contribution in [3.63, 3.8) is 0 Å². The Morgan fingerprint density at radius 1 is 1.15 bits per heavy atom. The second-order valence-corrected chi connectivity index (χ2v) is 7.10. The molecular weight excluding hydrogens is 354 g/mol. The van der Waals surface area contributed by atoms with E-state index in [2.05, 4.69) is 5.32 Å². The van der Waals surface area contributed by atoms with Gasteiger partial charge in [-0.1, -0.05) is 6.92 Å². The first-order chi connectivity index (χ1) is 12.1. The van der Waals surface area contributed by atoms with Gasteiger partial charge in [0.05, 0.1) is 0 Å². The Kier molecular flexibility index (Phi) is 7.53. The molecule has 7 heteroatoms. The minimum atomic E-state index is -0.0566. The SMILES string of the molecule is CCc1ccc(C(=O)N2CCC(C(=O)N3CCCC(NC)C3)CC2)o1.Cl. The van der Waals surface area contributed by atoms with Crippen molar-refractivity contribution in [1.82, 2.24) is 15.1 Å². The van der Waals surface area contributed by atoms with Crippen molar-refractivity contribution in [3.05, 3.63) is 23.7 Å². The number of carbonyl (C=O) groups excluding carboxylic acids is 2. The second kappa shape index (κ2) is 9.42. The molecule has 146 valence electrons. The molecule has 3 heterocycles. The maximum absolute atomic E-state index is 12.8. The molecule has 0 aliphatic carbocycles. The molecule has 2 saturated heterocycles. The maximum atomic E-state index is 12.8. The number of piperidine rings is 2. The van der Waals surface area contributed by atoms with Crippen LogP contribution in [0.5, 0.6) is 0 Å². The molecule has 1 unspecified atom stereocenters. The molecule has 0 spiro atoms. The maximum Gasteiger partial charge on any atom is 0.289 e. The van der Waals surface area contributed by atoms with E-state index in [1.165, 1.54) is 0 Å². The molecule has 2 amide bonds. The Bertz CT molecular complexity index is 611. The van der Waals surface area contributed by atoms with Gasteiger partial charge in [0, 0.05) is 44.6 Å². The minimum absolute atomic E-state index is 0. The summed E-state index contributed by atoms with van der Waals surface area (Å²) in [6, 6.07) is 4.02. The van der Waals surface area contributed by atoms with E-state index in [0.717, 1.165) is 51.0 Å². The van der Waals surface area contributed by atoms with Crippen LogP contribution < -0.4 is 5.32 Å². The first-order valence-corrected chi connectivity index (χ1v) is 9.46. The Morgan fingerprint density at radius 2 is 1.88 bits per heavy atom. The van der Waals surface area contributed by atoms with E-state index in [1.807, 2.05) is 29.8 Å². The summed E-state index contributed by atoms with van der Waals surface area (Å²) in [5, 5.41) is 3.28. The van der Waals surface area contributed by atoms with E-state index in [0.29, 0.717) is 24.9 Å². The molecule has 6 nitrogen and oxygen atoms in total. The van der Waals surface area contributed by atoms with E-state index in [1.54, 1.807) is 6.07 Å². The molecule has 3 rings (SSSR count). The quantitative estimate of drug-likeness (QED) is 0.866. The lowest BCUT2D eigenvalue weighted by atomic mass is 9.93. The smallest absolute Gasteiger partial charge is 0.289 e. The Hall–Kier alpha value is -1.53. The van der Waals surface area contributed by atoms with Crippen LogP contribution in [0.2, 0.25) is 0 Å². The molecule has 2 aliphatic rings. The zero-order valence-electron chi connectivity index (χ0n) is 15.7. The minimum Gasteiger partial charge on any atom is -0.456 e. The number of hydrogen-bond acceptors (Lipinski definition) is 4. The summed E-state index contributed by atoms with van der Waals surface area (Å²) in [7, 11) is 1.96. The summed E-state index contributed by atoms with van der Waals surface area (Å²) < 4.78 is 5.57. The molecule has 2 fully saturated rings. The van der Waals surface area contributed by atoms with Gasteiger partial charge in [-0.05, 0) is 44.9 Å². The van der Waals surface area contributed by atoms with E-state index in [9.17, 15) is 9.59 Å². The first kappa shape index (κ1) is 20.8. The summed E-state index contributed by atoms with van der Waals surface area (Å²) in [6.07, 6.45) is 4.47. The fraction of sp³-hybridized carbons (Fsp3) is 0.684. The number of likely N-dealkylation sites (N-methyl/N-ethyl adjacent to an activating group) is 1. The molecule has 0 aromatic carbocycles. The van der Waals surface area contributed by atoms with Crippen molar-refractivity contribution >= 4 is 24.2 Å². The van der Waals surface area contributed by atoms with Crippen LogP contribution in [-0.4, -0.2) is 60.9 Å². The Morgan fingerprint density at radius 3 is 2.50 bits per heavy atom. The zero-order chi connectivity index (χ0) is 17.8. The van der Waals surface area contributed by atoms with Gasteiger partial charge >= 0.3 is 0 Å². The van der Waals surface area contributed by atoms with Crippen molar-refractivity contribution < 1.29 is 14.0 Å². The summed E-state index contributed by atoms with van der Waals surface area (Å²) in [5.41, 5.74) is 0. The summed E-state index contributed by atoms with van der Waals surface area (Å²) in [6.45, 7) is 4.92. The van der Waals surface area contributed by atoms with Gasteiger partial charge in [0.2, 0.25) is 5.91 Å².